The largest absolute Gasteiger partial charge is 0.377 e. The third-order valence-electron chi connectivity index (χ3n) is 5.01. The van der Waals surface area contributed by atoms with Gasteiger partial charge in [0.05, 0.1) is 16.8 Å². The third kappa shape index (κ3) is 1.91. The van der Waals surface area contributed by atoms with Crippen molar-refractivity contribution in [2.75, 3.05) is 11.9 Å². The van der Waals surface area contributed by atoms with E-state index in [1.807, 2.05) is 13.8 Å². The second-order valence-corrected chi connectivity index (χ2v) is 6.76. The summed E-state index contributed by atoms with van der Waals surface area (Å²) in [7, 11) is 0. The number of amides is 1. The molecule has 0 bridgehead atoms. The monoisotopic (exact) mass is 312 g/mol. The number of anilines is 1. The van der Waals surface area contributed by atoms with Gasteiger partial charge in [0.25, 0.3) is 0 Å². The molecule has 114 valence electrons. The molecule has 1 saturated carbocycles. The van der Waals surface area contributed by atoms with Crippen LogP contribution in [0.1, 0.15) is 20.3 Å². The van der Waals surface area contributed by atoms with Gasteiger partial charge in [0, 0.05) is 17.9 Å². The van der Waals surface area contributed by atoms with Crippen molar-refractivity contribution < 1.29 is 13.9 Å². The van der Waals surface area contributed by atoms with E-state index in [1.165, 1.54) is 12.1 Å². The zero-order chi connectivity index (χ0) is 15.4. The maximum Gasteiger partial charge on any atom is 0.245 e. The van der Waals surface area contributed by atoms with Crippen molar-refractivity contribution in [1.82, 2.24) is 0 Å². The van der Waals surface area contributed by atoms with Gasteiger partial charge in [-0.1, -0.05) is 25.4 Å². The number of ether oxygens (including phenoxy) is 1. The van der Waals surface area contributed by atoms with Gasteiger partial charge in [-0.15, -0.1) is 0 Å². The van der Waals surface area contributed by atoms with Crippen LogP contribution < -0.4 is 11.1 Å². The predicted molar refractivity (Wildman–Crippen MR) is 78.6 cm³/mol. The number of nitrogens with two attached hydrogens (primary N) is 1. The van der Waals surface area contributed by atoms with Gasteiger partial charge in [0.15, 0.2) is 0 Å². The summed E-state index contributed by atoms with van der Waals surface area (Å²) in [6.07, 6.45) is 0.784. The summed E-state index contributed by atoms with van der Waals surface area (Å²) in [5.41, 5.74) is 5.33. The third-order valence-corrected chi connectivity index (χ3v) is 5.32. The number of fused-ring (bicyclic) bond motifs is 1. The first-order chi connectivity index (χ1) is 9.78. The Labute approximate surface area is 127 Å². The van der Waals surface area contributed by atoms with Crippen molar-refractivity contribution in [2.45, 2.75) is 31.9 Å². The molecule has 0 radical (unpaired) electrons. The molecule has 3 rings (SSSR count). The quantitative estimate of drug-likeness (QED) is 0.882. The molecule has 3 N–H and O–H groups in total. The van der Waals surface area contributed by atoms with Crippen LogP contribution in [0, 0.1) is 17.2 Å². The summed E-state index contributed by atoms with van der Waals surface area (Å²) in [6, 6.07) is 3.85. The molecular weight excluding hydrogens is 295 g/mol. The van der Waals surface area contributed by atoms with Crippen LogP contribution in [0.5, 0.6) is 0 Å². The zero-order valence-electron chi connectivity index (χ0n) is 12.0. The number of benzene rings is 1. The molecule has 1 aromatic rings. The Balaban J connectivity index is 1.85. The topological polar surface area (TPSA) is 64.3 Å². The molecule has 1 heterocycles. The summed E-state index contributed by atoms with van der Waals surface area (Å²) in [5, 5.41) is 2.89. The molecule has 1 aliphatic heterocycles. The van der Waals surface area contributed by atoms with Crippen molar-refractivity contribution in [3.63, 3.8) is 0 Å². The fourth-order valence-electron chi connectivity index (χ4n) is 3.66. The minimum absolute atomic E-state index is 0.00623. The number of rotatable bonds is 2. The average Bonchev–Trinajstić information content (AvgIpc) is 2.89. The molecule has 1 aliphatic carbocycles. The van der Waals surface area contributed by atoms with Gasteiger partial charge in [0.1, 0.15) is 11.4 Å². The minimum atomic E-state index is -1.01. The molecule has 3 atom stereocenters. The van der Waals surface area contributed by atoms with Crippen LogP contribution in [-0.2, 0) is 9.53 Å². The number of nitrogens with one attached hydrogen (secondary N) is 1. The number of halogens is 2. The van der Waals surface area contributed by atoms with E-state index in [2.05, 4.69) is 5.32 Å². The highest BCUT2D eigenvalue weighted by Crippen LogP contribution is 2.58. The molecule has 2 fully saturated rings. The van der Waals surface area contributed by atoms with E-state index in [0.717, 1.165) is 12.5 Å². The Kier molecular flexibility index (Phi) is 3.28. The lowest BCUT2D eigenvalue weighted by Crippen LogP contribution is -2.79. The van der Waals surface area contributed by atoms with Gasteiger partial charge >= 0.3 is 0 Å². The molecule has 0 aromatic heterocycles. The molecule has 6 heteroatoms. The number of hydrogen-bond donors (Lipinski definition) is 2. The Morgan fingerprint density at radius 2 is 2.24 bits per heavy atom. The summed E-state index contributed by atoms with van der Waals surface area (Å²) in [6.45, 7) is 4.50. The van der Waals surface area contributed by atoms with E-state index >= 15 is 0 Å². The molecule has 1 amide bonds. The Morgan fingerprint density at radius 3 is 2.90 bits per heavy atom. The van der Waals surface area contributed by atoms with Gasteiger partial charge in [-0.25, -0.2) is 4.39 Å². The average molecular weight is 313 g/mol. The predicted octanol–water partition coefficient (Wildman–Crippen LogP) is 2.56. The van der Waals surface area contributed by atoms with Crippen molar-refractivity contribution in [2.24, 2.45) is 17.1 Å². The summed E-state index contributed by atoms with van der Waals surface area (Å²) in [5.74, 6) is -0.742. The molecule has 1 aromatic carbocycles. The first kappa shape index (κ1) is 14.8. The summed E-state index contributed by atoms with van der Waals surface area (Å²) in [4.78, 5) is 12.7. The highest BCUT2D eigenvalue weighted by molar-refractivity contribution is 6.33. The molecule has 2 aliphatic rings. The molecule has 4 nitrogen and oxygen atoms in total. The van der Waals surface area contributed by atoms with Crippen LogP contribution in [0.2, 0.25) is 5.02 Å². The number of carbonyl (C=O) groups is 1. The van der Waals surface area contributed by atoms with Gasteiger partial charge in [-0.2, -0.15) is 0 Å². The lowest BCUT2D eigenvalue weighted by atomic mass is 9.48. The Bertz CT molecular complexity index is 607. The van der Waals surface area contributed by atoms with Gasteiger partial charge in [0.2, 0.25) is 5.91 Å². The second-order valence-electron chi connectivity index (χ2n) is 6.36. The number of hydrogen-bond acceptors (Lipinski definition) is 3. The first-order valence-corrected chi connectivity index (χ1v) is 7.33. The Hall–Kier alpha value is -1.17. The van der Waals surface area contributed by atoms with Gasteiger partial charge in [-0.3, -0.25) is 4.79 Å². The standard InChI is InChI=1S/C15H18ClFN2O2/c1-14(2)12-9(5-6-21-12)15(14,18)13(20)19-11-4-3-8(17)7-10(11)16/h3-4,7,9,12H,5-6,18H2,1-2H3,(H,19,20). The van der Waals surface area contributed by atoms with E-state index in [9.17, 15) is 9.18 Å². The fraction of sp³-hybridized carbons (Fsp3) is 0.533. The van der Waals surface area contributed by atoms with E-state index < -0.39 is 16.8 Å². The normalized spacial score (nSPS) is 33.2. The van der Waals surface area contributed by atoms with Crippen molar-refractivity contribution in [3.8, 4) is 0 Å². The number of carbonyl (C=O) groups excluding carboxylic acids is 1. The van der Waals surface area contributed by atoms with Crippen LogP contribution in [-0.4, -0.2) is 24.2 Å². The van der Waals surface area contributed by atoms with E-state index in [-0.39, 0.29) is 23.0 Å². The van der Waals surface area contributed by atoms with Crippen molar-refractivity contribution in [3.05, 3.63) is 29.0 Å². The van der Waals surface area contributed by atoms with E-state index in [0.29, 0.717) is 12.3 Å². The van der Waals surface area contributed by atoms with Gasteiger partial charge < -0.3 is 15.8 Å². The molecule has 21 heavy (non-hydrogen) atoms. The van der Waals surface area contributed by atoms with Crippen LogP contribution in [0.25, 0.3) is 0 Å². The SMILES string of the molecule is CC1(C)C2OCCC2C1(N)C(=O)Nc1ccc(F)cc1Cl. The lowest BCUT2D eigenvalue weighted by molar-refractivity contribution is -0.170. The fourth-order valence-corrected chi connectivity index (χ4v) is 3.88. The molecule has 1 saturated heterocycles. The molecule has 3 unspecified atom stereocenters. The van der Waals surface area contributed by atoms with Crippen LogP contribution in [0.15, 0.2) is 18.2 Å². The van der Waals surface area contributed by atoms with Gasteiger partial charge in [-0.05, 0) is 24.6 Å². The lowest BCUT2D eigenvalue weighted by Gasteiger charge is -2.60. The van der Waals surface area contributed by atoms with Crippen LogP contribution in [0.3, 0.4) is 0 Å². The summed E-state index contributed by atoms with van der Waals surface area (Å²) >= 11 is 5.95. The smallest absolute Gasteiger partial charge is 0.245 e. The van der Waals surface area contributed by atoms with Crippen molar-refractivity contribution in [1.29, 1.82) is 0 Å². The zero-order valence-corrected chi connectivity index (χ0v) is 12.7. The van der Waals surface area contributed by atoms with Crippen molar-refractivity contribution >= 4 is 23.2 Å². The summed E-state index contributed by atoms with van der Waals surface area (Å²) < 4.78 is 18.7. The molecular formula is C15H18ClFN2O2. The highest BCUT2D eigenvalue weighted by Gasteiger charge is 2.71. The van der Waals surface area contributed by atoms with Crippen LogP contribution >= 0.6 is 11.6 Å². The van der Waals surface area contributed by atoms with Crippen LogP contribution in [0.4, 0.5) is 10.1 Å². The maximum absolute atomic E-state index is 13.1. The van der Waals surface area contributed by atoms with E-state index in [1.54, 1.807) is 0 Å². The Morgan fingerprint density at radius 1 is 1.52 bits per heavy atom. The minimum Gasteiger partial charge on any atom is -0.377 e. The second kappa shape index (κ2) is 4.66. The maximum atomic E-state index is 13.1. The first-order valence-electron chi connectivity index (χ1n) is 6.95. The highest BCUT2D eigenvalue weighted by atomic mass is 35.5. The molecule has 0 spiro atoms. The van der Waals surface area contributed by atoms with E-state index in [4.69, 9.17) is 22.1 Å².